The van der Waals surface area contributed by atoms with E-state index in [1.165, 1.54) is 22.3 Å². The first kappa shape index (κ1) is 23.1. The van der Waals surface area contributed by atoms with Crippen molar-refractivity contribution >= 4 is 18.3 Å². The van der Waals surface area contributed by atoms with Gasteiger partial charge in [0.1, 0.15) is 0 Å². The second-order valence-electron chi connectivity index (χ2n) is 8.20. The fourth-order valence-corrected chi connectivity index (χ4v) is 4.37. The lowest BCUT2D eigenvalue weighted by atomic mass is 9.88. The first-order valence-corrected chi connectivity index (χ1v) is 10.9. The number of piperidine rings is 1. The molecule has 0 spiro atoms. The average molecular weight is 435 g/mol. The van der Waals surface area contributed by atoms with E-state index in [1.54, 1.807) is 0 Å². The minimum Gasteiger partial charge on any atom is -0.339 e. The van der Waals surface area contributed by atoms with E-state index in [0.717, 1.165) is 44.3 Å². The number of aryl methyl sites for hydroxylation is 2. The third-order valence-electron chi connectivity index (χ3n) is 6.16. The normalized spacial score (nSPS) is 14.2. The highest BCUT2D eigenvalue weighted by molar-refractivity contribution is 5.94. The highest BCUT2D eigenvalue weighted by Crippen LogP contribution is 2.29. The van der Waals surface area contributed by atoms with Crippen molar-refractivity contribution in [2.45, 2.75) is 38.1 Å². The van der Waals surface area contributed by atoms with Crippen molar-refractivity contribution in [2.75, 3.05) is 13.1 Å². The van der Waals surface area contributed by atoms with Gasteiger partial charge >= 0.3 is 0 Å². The van der Waals surface area contributed by atoms with Crippen LogP contribution in [0, 0.1) is 0 Å². The lowest BCUT2D eigenvalue weighted by molar-refractivity contribution is 0.0713. The first-order valence-electron chi connectivity index (χ1n) is 10.9. The topological polar surface area (TPSA) is 46.3 Å². The Labute approximate surface area is 191 Å². The van der Waals surface area contributed by atoms with Gasteiger partial charge in [-0.2, -0.15) is 0 Å². The molecule has 31 heavy (non-hydrogen) atoms. The molecule has 1 aliphatic heterocycles. The van der Waals surface area contributed by atoms with Crippen molar-refractivity contribution in [3.63, 3.8) is 0 Å². The number of likely N-dealkylation sites (tertiary alicyclic amines) is 1. The van der Waals surface area contributed by atoms with Gasteiger partial charge in [-0.1, -0.05) is 66.7 Å². The summed E-state index contributed by atoms with van der Waals surface area (Å²) < 4.78 is 0. The number of carbonyl (C=O) groups excluding carboxylic acids is 1. The van der Waals surface area contributed by atoms with Crippen LogP contribution in [0.3, 0.4) is 0 Å². The molecule has 4 rings (SSSR count). The Morgan fingerprint density at radius 1 is 0.806 bits per heavy atom. The SMILES string of the molecule is Cl.NCc1cccc(C2CCN(C(=O)c3cccc(CCc4ccccc4)c3)CC2)c1. The molecule has 0 unspecified atom stereocenters. The molecule has 0 bridgehead atoms. The largest absolute Gasteiger partial charge is 0.339 e. The van der Waals surface area contributed by atoms with E-state index < -0.39 is 0 Å². The van der Waals surface area contributed by atoms with Gasteiger partial charge in [-0.25, -0.2) is 0 Å². The summed E-state index contributed by atoms with van der Waals surface area (Å²) in [5.74, 6) is 0.670. The third kappa shape index (κ3) is 5.96. The van der Waals surface area contributed by atoms with Crippen LogP contribution in [0.25, 0.3) is 0 Å². The Kier molecular flexibility index (Phi) is 8.27. The fraction of sp³-hybridized carbons (Fsp3) is 0.296. The zero-order chi connectivity index (χ0) is 20.8. The zero-order valence-electron chi connectivity index (χ0n) is 17.9. The average Bonchev–Trinajstić information content (AvgIpc) is 2.83. The van der Waals surface area contributed by atoms with Crippen molar-refractivity contribution in [1.82, 2.24) is 4.90 Å². The van der Waals surface area contributed by atoms with Crippen molar-refractivity contribution in [3.05, 3.63) is 107 Å². The molecule has 3 aromatic rings. The van der Waals surface area contributed by atoms with E-state index in [4.69, 9.17) is 5.73 Å². The molecule has 162 valence electrons. The van der Waals surface area contributed by atoms with E-state index >= 15 is 0 Å². The van der Waals surface area contributed by atoms with E-state index in [1.807, 2.05) is 23.1 Å². The molecule has 3 aromatic carbocycles. The number of hydrogen-bond donors (Lipinski definition) is 1. The summed E-state index contributed by atoms with van der Waals surface area (Å²) in [6, 6.07) is 27.2. The molecule has 0 radical (unpaired) electrons. The van der Waals surface area contributed by atoms with Gasteiger partial charge in [-0.05, 0) is 66.0 Å². The molecule has 3 nitrogen and oxygen atoms in total. The van der Waals surface area contributed by atoms with Crippen LogP contribution in [0.2, 0.25) is 0 Å². The maximum absolute atomic E-state index is 13.1. The summed E-state index contributed by atoms with van der Waals surface area (Å²) in [6.07, 6.45) is 3.96. The third-order valence-corrected chi connectivity index (χ3v) is 6.16. The van der Waals surface area contributed by atoms with Crippen molar-refractivity contribution < 1.29 is 4.79 Å². The number of halogens is 1. The molecule has 0 aromatic heterocycles. The number of benzene rings is 3. The van der Waals surface area contributed by atoms with Crippen LogP contribution in [0.4, 0.5) is 0 Å². The zero-order valence-corrected chi connectivity index (χ0v) is 18.7. The van der Waals surface area contributed by atoms with Crippen LogP contribution in [0.5, 0.6) is 0 Å². The summed E-state index contributed by atoms with van der Waals surface area (Å²) in [5, 5.41) is 0. The van der Waals surface area contributed by atoms with Crippen molar-refractivity contribution in [2.24, 2.45) is 5.73 Å². The highest BCUT2D eigenvalue weighted by Gasteiger charge is 2.24. The Hall–Kier alpha value is -2.62. The van der Waals surface area contributed by atoms with Gasteiger partial charge in [-0.15, -0.1) is 12.4 Å². The van der Waals surface area contributed by atoms with Gasteiger partial charge in [0.15, 0.2) is 0 Å². The number of amides is 1. The molecule has 1 amide bonds. The van der Waals surface area contributed by atoms with Crippen LogP contribution in [-0.2, 0) is 19.4 Å². The van der Waals surface area contributed by atoms with E-state index in [2.05, 4.69) is 60.7 Å². The van der Waals surface area contributed by atoms with Crippen LogP contribution >= 0.6 is 12.4 Å². The number of carbonyl (C=O) groups is 1. The van der Waals surface area contributed by atoms with E-state index in [9.17, 15) is 4.79 Å². The van der Waals surface area contributed by atoms with Crippen LogP contribution in [-0.4, -0.2) is 23.9 Å². The standard InChI is InChI=1S/C27H30N2O.ClH/c28-20-23-9-5-10-25(19-23)24-14-16-29(17-15-24)27(30)26-11-4-8-22(18-26)13-12-21-6-2-1-3-7-21;/h1-11,18-19,24H,12-17,20,28H2;1H. The first-order chi connectivity index (χ1) is 14.7. The molecular formula is C27H31ClN2O. The number of rotatable bonds is 6. The smallest absolute Gasteiger partial charge is 0.253 e. The maximum Gasteiger partial charge on any atom is 0.253 e. The summed E-state index contributed by atoms with van der Waals surface area (Å²) in [4.78, 5) is 15.1. The molecule has 0 aliphatic carbocycles. The quantitative estimate of drug-likeness (QED) is 0.566. The van der Waals surface area contributed by atoms with Gasteiger partial charge in [0.2, 0.25) is 0 Å². The molecule has 1 heterocycles. The lowest BCUT2D eigenvalue weighted by Crippen LogP contribution is -2.38. The lowest BCUT2D eigenvalue weighted by Gasteiger charge is -2.32. The van der Waals surface area contributed by atoms with Gasteiger partial charge < -0.3 is 10.6 Å². The summed E-state index contributed by atoms with van der Waals surface area (Å²) in [7, 11) is 0. The molecule has 2 N–H and O–H groups in total. The Morgan fingerprint density at radius 2 is 1.45 bits per heavy atom. The van der Waals surface area contributed by atoms with E-state index in [-0.39, 0.29) is 18.3 Å². The van der Waals surface area contributed by atoms with Gasteiger partial charge in [0.05, 0.1) is 0 Å². The molecule has 0 atom stereocenters. The highest BCUT2D eigenvalue weighted by atomic mass is 35.5. The fourth-order valence-electron chi connectivity index (χ4n) is 4.37. The Balaban J connectivity index is 0.00000272. The molecule has 1 fully saturated rings. The molecule has 0 saturated carbocycles. The van der Waals surface area contributed by atoms with Gasteiger partial charge in [0.25, 0.3) is 5.91 Å². The predicted octanol–water partition coefficient (Wildman–Crippen LogP) is 5.37. The van der Waals surface area contributed by atoms with Crippen LogP contribution in [0.15, 0.2) is 78.9 Å². The van der Waals surface area contributed by atoms with Gasteiger partial charge in [-0.3, -0.25) is 4.79 Å². The van der Waals surface area contributed by atoms with Crippen molar-refractivity contribution in [1.29, 1.82) is 0 Å². The van der Waals surface area contributed by atoms with Gasteiger partial charge in [0, 0.05) is 25.2 Å². The van der Waals surface area contributed by atoms with Crippen LogP contribution < -0.4 is 5.73 Å². The molecule has 1 aliphatic rings. The Morgan fingerprint density at radius 3 is 2.19 bits per heavy atom. The number of hydrogen-bond acceptors (Lipinski definition) is 2. The Bertz CT molecular complexity index is 981. The minimum atomic E-state index is 0. The number of nitrogens with zero attached hydrogens (tertiary/aromatic N) is 1. The van der Waals surface area contributed by atoms with E-state index in [0.29, 0.717) is 12.5 Å². The maximum atomic E-state index is 13.1. The monoisotopic (exact) mass is 434 g/mol. The number of nitrogens with two attached hydrogens (primary N) is 1. The molecule has 1 saturated heterocycles. The molecular weight excluding hydrogens is 404 g/mol. The second kappa shape index (κ2) is 11.1. The van der Waals surface area contributed by atoms with Crippen LogP contribution in [0.1, 0.15) is 51.4 Å². The summed E-state index contributed by atoms with van der Waals surface area (Å²) in [6.45, 7) is 2.20. The second-order valence-corrected chi connectivity index (χ2v) is 8.20. The summed E-state index contributed by atoms with van der Waals surface area (Å²) in [5.41, 5.74) is 11.7. The molecule has 4 heteroatoms. The summed E-state index contributed by atoms with van der Waals surface area (Å²) >= 11 is 0. The minimum absolute atomic E-state index is 0. The van der Waals surface area contributed by atoms with Crippen molar-refractivity contribution in [3.8, 4) is 0 Å². The predicted molar refractivity (Wildman–Crippen MR) is 130 cm³/mol.